The average molecular weight is 547 g/mol. The standard InChI is InChI=1S/C29H33F3N2O5/c1-18-8-10-20(11-9-18)27(36)34(21-6-4-3-5-7-21)25-13-12-22(15-23(25)28(37)38-2)39-26-24(29(30,31)32)14-19(17-35)16-33-26/h12-18,20-21H,3-11H2,1-2H3. The zero-order valence-corrected chi connectivity index (χ0v) is 22.1. The number of hydrogen-bond acceptors (Lipinski definition) is 6. The normalized spacial score (nSPS) is 20.2. The third kappa shape index (κ3) is 6.59. The Labute approximate surface area is 225 Å². The molecule has 0 N–H and O–H groups in total. The molecule has 0 saturated heterocycles. The molecule has 4 rings (SSSR count). The first-order valence-electron chi connectivity index (χ1n) is 13.4. The van der Waals surface area contributed by atoms with Gasteiger partial charge in [0, 0.05) is 23.7 Å². The van der Waals surface area contributed by atoms with Crippen LogP contribution >= 0.6 is 0 Å². The van der Waals surface area contributed by atoms with Gasteiger partial charge in [0.15, 0.2) is 6.29 Å². The highest BCUT2D eigenvalue weighted by Gasteiger charge is 2.37. The lowest BCUT2D eigenvalue weighted by molar-refractivity contribution is -0.138. The van der Waals surface area contributed by atoms with Crippen LogP contribution in [0.25, 0.3) is 0 Å². The number of anilines is 1. The first-order valence-corrected chi connectivity index (χ1v) is 13.4. The molecule has 0 aliphatic heterocycles. The first-order chi connectivity index (χ1) is 18.6. The predicted octanol–water partition coefficient (Wildman–Crippen LogP) is 6.98. The van der Waals surface area contributed by atoms with Gasteiger partial charge in [-0.15, -0.1) is 0 Å². The summed E-state index contributed by atoms with van der Waals surface area (Å²) in [4.78, 5) is 43.3. The number of ether oxygens (including phenoxy) is 2. The lowest BCUT2D eigenvalue weighted by Crippen LogP contribution is -2.46. The molecule has 1 amide bonds. The second kappa shape index (κ2) is 12.2. The summed E-state index contributed by atoms with van der Waals surface area (Å²) in [5, 5.41) is 0. The first kappa shape index (κ1) is 28.6. The molecule has 2 aromatic rings. The van der Waals surface area contributed by atoms with E-state index in [1.807, 2.05) is 0 Å². The minimum atomic E-state index is -4.83. The number of benzene rings is 1. The molecule has 2 aliphatic carbocycles. The summed E-state index contributed by atoms with van der Waals surface area (Å²) < 4.78 is 51.4. The van der Waals surface area contributed by atoms with Crippen LogP contribution < -0.4 is 9.64 Å². The van der Waals surface area contributed by atoms with Gasteiger partial charge in [0.1, 0.15) is 11.3 Å². The number of halogens is 3. The number of aromatic nitrogens is 1. The average Bonchev–Trinajstić information content (AvgIpc) is 2.94. The van der Waals surface area contributed by atoms with E-state index in [4.69, 9.17) is 9.47 Å². The van der Waals surface area contributed by atoms with E-state index >= 15 is 0 Å². The summed E-state index contributed by atoms with van der Waals surface area (Å²) in [6, 6.07) is 4.80. The minimum Gasteiger partial charge on any atom is -0.465 e. The van der Waals surface area contributed by atoms with Crippen LogP contribution in [0.4, 0.5) is 18.9 Å². The molecule has 2 fully saturated rings. The molecule has 0 unspecified atom stereocenters. The van der Waals surface area contributed by atoms with Gasteiger partial charge in [-0.05, 0) is 68.7 Å². The van der Waals surface area contributed by atoms with Crippen molar-refractivity contribution >= 4 is 23.9 Å². The molecule has 1 aromatic carbocycles. The van der Waals surface area contributed by atoms with E-state index in [0.29, 0.717) is 17.7 Å². The van der Waals surface area contributed by atoms with E-state index in [0.717, 1.165) is 64.0 Å². The smallest absolute Gasteiger partial charge is 0.421 e. The highest BCUT2D eigenvalue weighted by molar-refractivity contribution is 6.04. The fourth-order valence-corrected chi connectivity index (χ4v) is 5.53. The molecule has 7 nitrogen and oxygen atoms in total. The molecule has 1 heterocycles. The topological polar surface area (TPSA) is 85.8 Å². The second-order valence-electron chi connectivity index (χ2n) is 10.5. The van der Waals surface area contributed by atoms with Crippen LogP contribution in [-0.4, -0.2) is 36.3 Å². The van der Waals surface area contributed by atoms with Crippen molar-refractivity contribution in [2.24, 2.45) is 11.8 Å². The predicted molar refractivity (Wildman–Crippen MR) is 138 cm³/mol. The van der Waals surface area contributed by atoms with E-state index in [2.05, 4.69) is 11.9 Å². The van der Waals surface area contributed by atoms with E-state index in [-0.39, 0.29) is 41.0 Å². The van der Waals surface area contributed by atoms with Gasteiger partial charge >= 0.3 is 12.1 Å². The number of rotatable bonds is 7. The van der Waals surface area contributed by atoms with Crippen LogP contribution in [0.15, 0.2) is 30.5 Å². The van der Waals surface area contributed by atoms with Crippen molar-refractivity contribution in [1.82, 2.24) is 4.98 Å². The van der Waals surface area contributed by atoms with Crippen LogP contribution in [0.2, 0.25) is 0 Å². The molecular formula is C29H33F3N2O5. The fraction of sp³-hybridized carbons (Fsp3) is 0.517. The van der Waals surface area contributed by atoms with Crippen molar-refractivity contribution in [3.05, 3.63) is 47.2 Å². The third-order valence-electron chi connectivity index (χ3n) is 7.70. The van der Waals surface area contributed by atoms with Crippen molar-refractivity contribution in [2.75, 3.05) is 12.0 Å². The molecule has 0 radical (unpaired) electrons. The summed E-state index contributed by atoms with van der Waals surface area (Å²) in [5.41, 5.74) is -1.08. The maximum atomic E-state index is 13.9. The maximum Gasteiger partial charge on any atom is 0.421 e. The second-order valence-corrected chi connectivity index (χ2v) is 10.5. The number of alkyl halides is 3. The van der Waals surface area contributed by atoms with Gasteiger partial charge in [-0.1, -0.05) is 26.2 Å². The van der Waals surface area contributed by atoms with Crippen molar-refractivity contribution in [3.8, 4) is 11.6 Å². The molecule has 0 spiro atoms. The van der Waals surface area contributed by atoms with Crippen LogP contribution in [0, 0.1) is 11.8 Å². The molecule has 210 valence electrons. The monoisotopic (exact) mass is 546 g/mol. The number of carbonyl (C=O) groups excluding carboxylic acids is 3. The van der Waals surface area contributed by atoms with Crippen molar-refractivity contribution in [2.45, 2.75) is 76.9 Å². The van der Waals surface area contributed by atoms with Crippen LogP contribution in [0.1, 0.15) is 91.0 Å². The van der Waals surface area contributed by atoms with Crippen LogP contribution in [-0.2, 0) is 15.7 Å². The summed E-state index contributed by atoms with van der Waals surface area (Å²) in [5.74, 6) is -1.19. The molecule has 39 heavy (non-hydrogen) atoms. The maximum absolute atomic E-state index is 13.9. The summed E-state index contributed by atoms with van der Waals surface area (Å²) in [7, 11) is 1.20. The van der Waals surface area contributed by atoms with E-state index in [1.165, 1.54) is 25.3 Å². The van der Waals surface area contributed by atoms with Gasteiger partial charge in [0.05, 0.1) is 18.4 Å². The molecule has 1 aromatic heterocycles. The van der Waals surface area contributed by atoms with Gasteiger partial charge in [0.2, 0.25) is 11.8 Å². The van der Waals surface area contributed by atoms with Gasteiger partial charge in [0.25, 0.3) is 0 Å². The number of aldehydes is 1. The Hall–Kier alpha value is -3.43. The number of nitrogens with zero attached hydrogens (tertiary/aromatic N) is 2. The molecule has 2 aliphatic rings. The fourth-order valence-electron chi connectivity index (χ4n) is 5.53. The molecule has 0 bridgehead atoms. The Morgan fingerprint density at radius 2 is 1.72 bits per heavy atom. The highest BCUT2D eigenvalue weighted by atomic mass is 19.4. The zero-order valence-electron chi connectivity index (χ0n) is 22.1. The third-order valence-corrected chi connectivity index (χ3v) is 7.70. The lowest BCUT2D eigenvalue weighted by Gasteiger charge is -2.38. The number of esters is 1. The summed E-state index contributed by atoms with van der Waals surface area (Å²) >= 11 is 0. The minimum absolute atomic E-state index is 0.0242. The number of pyridine rings is 1. The Kier molecular flexibility index (Phi) is 8.92. The van der Waals surface area contributed by atoms with Crippen molar-refractivity contribution < 1.29 is 37.0 Å². The Bertz CT molecular complexity index is 1200. The lowest BCUT2D eigenvalue weighted by atomic mass is 9.81. The number of amides is 1. The Morgan fingerprint density at radius 3 is 2.33 bits per heavy atom. The summed E-state index contributed by atoms with van der Waals surface area (Å²) in [6.07, 6.45) is 4.50. The highest BCUT2D eigenvalue weighted by Crippen LogP contribution is 2.40. The van der Waals surface area contributed by atoms with Crippen molar-refractivity contribution in [1.29, 1.82) is 0 Å². The van der Waals surface area contributed by atoms with Crippen LogP contribution in [0.5, 0.6) is 11.6 Å². The zero-order chi connectivity index (χ0) is 28.2. The number of hydrogen-bond donors (Lipinski definition) is 0. The molecular weight excluding hydrogens is 513 g/mol. The molecule has 10 heteroatoms. The van der Waals surface area contributed by atoms with E-state index in [9.17, 15) is 27.6 Å². The van der Waals surface area contributed by atoms with Gasteiger partial charge in [-0.2, -0.15) is 13.2 Å². The molecule has 2 saturated carbocycles. The SMILES string of the molecule is COC(=O)c1cc(Oc2ncc(C=O)cc2C(F)(F)F)ccc1N(C(=O)C1CCC(C)CC1)C1CCCCC1. The van der Waals surface area contributed by atoms with Gasteiger partial charge in [-0.25, -0.2) is 9.78 Å². The Balaban J connectivity index is 1.73. The largest absolute Gasteiger partial charge is 0.465 e. The number of carbonyl (C=O) groups is 3. The van der Waals surface area contributed by atoms with E-state index < -0.39 is 23.6 Å². The Morgan fingerprint density at radius 1 is 1.03 bits per heavy atom. The summed E-state index contributed by atoms with van der Waals surface area (Å²) in [6.45, 7) is 2.18. The quantitative estimate of drug-likeness (QED) is 0.275. The van der Waals surface area contributed by atoms with Crippen molar-refractivity contribution in [3.63, 3.8) is 0 Å². The van der Waals surface area contributed by atoms with Gasteiger partial charge < -0.3 is 14.4 Å². The van der Waals surface area contributed by atoms with E-state index in [1.54, 1.807) is 4.90 Å². The molecule has 0 atom stereocenters. The van der Waals surface area contributed by atoms with Gasteiger partial charge in [-0.3, -0.25) is 9.59 Å². The van der Waals surface area contributed by atoms with Crippen LogP contribution in [0.3, 0.4) is 0 Å². The number of methoxy groups -OCH3 is 1.